The van der Waals surface area contributed by atoms with E-state index in [0.29, 0.717) is 12.3 Å². The lowest BCUT2D eigenvalue weighted by Gasteiger charge is -2.23. The van der Waals surface area contributed by atoms with E-state index in [9.17, 15) is 4.79 Å². The van der Waals surface area contributed by atoms with Crippen molar-refractivity contribution in [2.45, 2.75) is 25.3 Å². The minimum absolute atomic E-state index is 0.0652. The highest BCUT2D eigenvalue weighted by Crippen LogP contribution is 2.16. The second-order valence-corrected chi connectivity index (χ2v) is 6.19. The molecule has 2 N–H and O–H groups in total. The number of nitrogens with zero attached hydrogens (tertiary/aromatic N) is 1. The van der Waals surface area contributed by atoms with E-state index in [4.69, 9.17) is 0 Å². The minimum atomic E-state index is 0.0652. The van der Waals surface area contributed by atoms with Crippen molar-refractivity contribution < 1.29 is 4.79 Å². The maximum Gasteiger partial charge on any atom is 0.220 e. The van der Waals surface area contributed by atoms with Crippen molar-refractivity contribution in [2.75, 3.05) is 33.7 Å². The molecule has 0 saturated carbocycles. The van der Waals surface area contributed by atoms with E-state index in [2.05, 4.69) is 27.7 Å². The summed E-state index contributed by atoms with van der Waals surface area (Å²) >= 11 is 0. The lowest BCUT2D eigenvalue weighted by Crippen LogP contribution is -2.35. The van der Waals surface area contributed by atoms with E-state index in [1.54, 1.807) is 0 Å². The van der Waals surface area contributed by atoms with Gasteiger partial charge in [0.05, 0.1) is 6.04 Å². The number of nitrogens with one attached hydrogen (secondary N) is 2. The number of hydrogen-bond acceptors (Lipinski definition) is 3. The van der Waals surface area contributed by atoms with Gasteiger partial charge in [-0.2, -0.15) is 0 Å². The summed E-state index contributed by atoms with van der Waals surface area (Å²) in [6, 6.07) is 10.3. The molecule has 0 aromatic heterocycles. The first-order valence-corrected chi connectivity index (χ1v) is 7.85. The van der Waals surface area contributed by atoms with Gasteiger partial charge in [-0.15, -0.1) is 0 Å². The molecule has 0 bridgehead atoms. The fraction of sp³-hybridized carbons (Fsp3) is 0.588. The highest BCUT2D eigenvalue weighted by atomic mass is 16.1. The highest BCUT2D eigenvalue weighted by molar-refractivity contribution is 5.76. The molecule has 4 nitrogen and oxygen atoms in total. The van der Waals surface area contributed by atoms with E-state index in [0.717, 1.165) is 26.1 Å². The highest BCUT2D eigenvalue weighted by Gasteiger charge is 2.18. The molecule has 116 valence electrons. The maximum absolute atomic E-state index is 12.2. The lowest BCUT2D eigenvalue weighted by atomic mass is 10.0. The van der Waals surface area contributed by atoms with Gasteiger partial charge in [0.15, 0.2) is 0 Å². The number of benzene rings is 1. The first kappa shape index (κ1) is 16.0. The van der Waals surface area contributed by atoms with Crippen molar-refractivity contribution in [1.29, 1.82) is 0 Å². The summed E-state index contributed by atoms with van der Waals surface area (Å²) in [5.74, 6) is 0.831. The van der Waals surface area contributed by atoms with Gasteiger partial charge in [-0.25, -0.2) is 0 Å². The van der Waals surface area contributed by atoms with Gasteiger partial charge >= 0.3 is 0 Å². The first-order valence-electron chi connectivity index (χ1n) is 7.85. The zero-order chi connectivity index (χ0) is 15.1. The van der Waals surface area contributed by atoms with E-state index >= 15 is 0 Å². The second-order valence-electron chi connectivity index (χ2n) is 6.19. The van der Waals surface area contributed by atoms with Gasteiger partial charge in [0, 0.05) is 13.0 Å². The van der Waals surface area contributed by atoms with E-state index in [1.165, 1.54) is 12.0 Å². The number of carbonyl (C=O) groups is 1. The molecule has 4 heteroatoms. The predicted molar refractivity (Wildman–Crippen MR) is 86.1 cm³/mol. The third-order valence-electron chi connectivity index (χ3n) is 4.03. The number of likely N-dealkylation sites (N-methyl/N-ethyl adjacent to an activating group) is 1. The van der Waals surface area contributed by atoms with Gasteiger partial charge in [0.1, 0.15) is 0 Å². The molecule has 0 radical (unpaired) electrons. The molecule has 1 heterocycles. The molecular weight excluding hydrogens is 262 g/mol. The third-order valence-corrected chi connectivity index (χ3v) is 4.03. The number of carbonyl (C=O) groups excluding carboxylic acids is 1. The molecule has 1 aromatic rings. The Bertz CT molecular complexity index is 427. The number of amides is 1. The van der Waals surface area contributed by atoms with E-state index in [1.807, 2.05) is 32.3 Å². The van der Waals surface area contributed by atoms with E-state index in [-0.39, 0.29) is 11.9 Å². The van der Waals surface area contributed by atoms with Crippen LogP contribution in [-0.4, -0.2) is 44.5 Å². The molecule has 0 spiro atoms. The van der Waals surface area contributed by atoms with Crippen molar-refractivity contribution in [2.24, 2.45) is 5.92 Å². The Morgan fingerprint density at radius 3 is 2.76 bits per heavy atom. The molecule has 1 aliphatic heterocycles. The Morgan fingerprint density at radius 2 is 2.14 bits per heavy atom. The number of rotatable bonds is 7. The van der Waals surface area contributed by atoms with Crippen LogP contribution in [0.15, 0.2) is 30.3 Å². The molecule has 2 unspecified atom stereocenters. The fourth-order valence-electron chi connectivity index (χ4n) is 2.85. The molecule has 2 rings (SSSR count). The molecule has 1 aliphatic rings. The quantitative estimate of drug-likeness (QED) is 0.804. The van der Waals surface area contributed by atoms with Crippen LogP contribution in [0.1, 0.15) is 30.9 Å². The van der Waals surface area contributed by atoms with Crippen LogP contribution in [0.4, 0.5) is 0 Å². The average molecular weight is 289 g/mol. The maximum atomic E-state index is 12.2. The van der Waals surface area contributed by atoms with Gasteiger partial charge in [0.2, 0.25) is 5.91 Å². The standard InChI is InChI=1S/C17H27N3O/c1-20(2)13-16(15-6-4-3-5-7-15)19-17(21)9-8-14-10-11-18-12-14/h3-7,14,16,18H,8-13H2,1-2H3,(H,19,21). The zero-order valence-corrected chi connectivity index (χ0v) is 13.1. The minimum Gasteiger partial charge on any atom is -0.348 e. The molecule has 21 heavy (non-hydrogen) atoms. The van der Waals surface area contributed by atoms with Crippen LogP contribution >= 0.6 is 0 Å². The summed E-state index contributed by atoms with van der Waals surface area (Å²) < 4.78 is 0. The summed E-state index contributed by atoms with van der Waals surface area (Å²) in [5.41, 5.74) is 1.17. The van der Waals surface area contributed by atoms with E-state index < -0.39 is 0 Å². The first-order chi connectivity index (χ1) is 10.1. The van der Waals surface area contributed by atoms with Crippen molar-refractivity contribution in [1.82, 2.24) is 15.5 Å². The van der Waals surface area contributed by atoms with Gasteiger partial charge in [-0.05, 0) is 51.5 Å². The van der Waals surface area contributed by atoms with Crippen LogP contribution in [0.2, 0.25) is 0 Å². The Labute approximate surface area is 127 Å². The zero-order valence-electron chi connectivity index (χ0n) is 13.1. The van der Waals surface area contributed by atoms with Gasteiger partial charge in [0.25, 0.3) is 0 Å². The smallest absolute Gasteiger partial charge is 0.220 e. The average Bonchev–Trinajstić information content (AvgIpc) is 2.98. The molecule has 2 atom stereocenters. The van der Waals surface area contributed by atoms with Crippen LogP contribution < -0.4 is 10.6 Å². The molecule has 0 aliphatic carbocycles. The monoisotopic (exact) mass is 289 g/mol. The van der Waals surface area contributed by atoms with Gasteiger partial charge in [-0.1, -0.05) is 30.3 Å². The Kier molecular flexibility index (Phi) is 6.21. The summed E-state index contributed by atoms with van der Waals surface area (Å²) in [4.78, 5) is 14.3. The molecule has 1 amide bonds. The SMILES string of the molecule is CN(C)CC(NC(=O)CCC1CCNC1)c1ccccc1. The van der Waals surface area contributed by atoms with Crippen molar-refractivity contribution >= 4 is 5.91 Å². The van der Waals surface area contributed by atoms with Crippen LogP contribution in [0.3, 0.4) is 0 Å². The van der Waals surface area contributed by atoms with Crippen LogP contribution in [0.25, 0.3) is 0 Å². The summed E-state index contributed by atoms with van der Waals surface area (Å²) in [6.45, 7) is 2.98. The second kappa shape index (κ2) is 8.15. The topological polar surface area (TPSA) is 44.4 Å². The van der Waals surface area contributed by atoms with Crippen LogP contribution in [0.5, 0.6) is 0 Å². The van der Waals surface area contributed by atoms with Crippen LogP contribution in [0, 0.1) is 5.92 Å². The van der Waals surface area contributed by atoms with Crippen molar-refractivity contribution in [3.63, 3.8) is 0 Å². The van der Waals surface area contributed by atoms with Crippen LogP contribution in [-0.2, 0) is 4.79 Å². The summed E-state index contributed by atoms with van der Waals surface area (Å²) in [5, 5.41) is 6.54. The predicted octanol–water partition coefficient (Wildman–Crippen LogP) is 1.80. The van der Waals surface area contributed by atoms with Crippen molar-refractivity contribution in [3.05, 3.63) is 35.9 Å². The lowest BCUT2D eigenvalue weighted by molar-refractivity contribution is -0.122. The molecular formula is C17H27N3O. The Hall–Kier alpha value is -1.39. The van der Waals surface area contributed by atoms with Gasteiger partial charge in [-0.3, -0.25) is 4.79 Å². The Balaban J connectivity index is 1.86. The molecule has 1 fully saturated rings. The molecule has 1 saturated heterocycles. The Morgan fingerprint density at radius 1 is 1.38 bits per heavy atom. The summed E-state index contributed by atoms with van der Waals surface area (Å²) in [7, 11) is 4.07. The fourth-order valence-corrected chi connectivity index (χ4v) is 2.85. The van der Waals surface area contributed by atoms with Crippen molar-refractivity contribution in [3.8, 4) is 0 Å². The number of hydrogen-bond donors (Lipinski definition) is 2. The molecule has 1 aromatic carbocycles. The van der Waals surface area contributed by atoms with Gasteiger partial charge < -0.3 is 15.5 Å². The third kappa shape index (κ3) is 5.48. The summed E-state index contributed by atoms with van der Waals surface area (Å²) in [6.07, 6.45) is 2.82. The largest absolute Gasteiger partial charge is 0.348 e. The normalized spacial score (nSPS) is 19.7.